The van der Waals surface area contributed by atoms with Crippen molar-refractivity contribution in [2.75, 3.05) is 6.61 Å². The van der Waals surface area contributed by atoms with Crippen molar-refractivity contribution in [3.05, 3.63) is 106 Å². The maximum absolute atomic E-state index is 6.58. The maximum atomic E-state index is 6.58. The molecule has 0 aliphatic rings. The summed E-state index contributed by atoms with van der Waals surface area (Å²) in [5.41, 5.74) is 5.87. The Bertz CT molecular complexity index is 1270. The van der Waals surface area contributed by atoms with E-state index in [0.717, 1.165) is 22.1 Å². The van der Waals surface area contributed by atoms with Crippen LogP contribution in [-0.2, 0) is 13.2 Å². The van der Waals surface area contributed by atoms with Crippen LogP contribution in [0, 0.1) is 0 Å². The van der Waals surface area contributed by atoms with Gasteiger partial charge in [-0.25, -0.2) is 0 Å². The fourth-order valence-corrected chi connectivity index (χ4v) is 4.00. The third-order valence-corrected chi connectivity index (χ3v) is 5.77. The van der Waals surface area contributed by atoms with Crippen LogP contribution in [-0.4, -0.2) is 12.8 Å². The van der Waals surface area contributed by atoms with Crippen LogP contribution in [0.3, 0.4) is 0 Å². The normalized spacial score (nSPS) is 11.1. The number of ether oxygens (including phenoxy) is 2. The van der Waals surface area contributed by atoms with Gasteiger partial charge in [0.05, 0.1) is 24.4 Å². The summed E-state index contributed by atoms with van der Waals surface area (Å²) in [6.45, 7) is 3.32. The first kappa shape index (κ1) is 23.0. The molecule has 168 valence electrons. The van der Waals surface area contributed by atoms with Crippen LogP contribution in [0.2, 0.25) is 10.0 Å². The molecule has 4 rings (SSSR count). The van der Waals surface area contributed by atoms with Crippen LogP contribution in [0.4, 0.5) is 0 Å². The van der Waals surface area contributed by atoms with Crippen LogP contribution in [0.15, 0.2) is 84.0 Å². The predicted octanol–water partition coefficient (Wildman–Crippen LogP) is 7.25. The summed E-state index contributed by atoms with van der Waals surface area (Å²) < 4.78 is 12.0. The molecule has 0 spiro atoms. The summed E-state index contributed by atoms with van der Waals surface area (Å²) in [5.74, 6) is 1.10. The second-order valence-corrected chi connectivity index (χ2v) is 8.19. The molecular weight excluding hydrogens is 455 g/mol. The molecule has 0 aliphatic carbocycles. The minimum absolute atomic E-state index is 0.383. The molecular formula is C27H24Cl2N2O2. The quantitative estimate of drug-likeness (QED) is 0.203. The molecule has 0 saturated heterocycles. The van der Waals surface area contributed by atoms with Crippen LogP contribution >= 0.6 is 23.2 Å². The Morgan fingerprint density at radius 1 is 0.848 bits per heavy atom. The van der Waals surface area contributed by atoms with Crippen molar-refractivity contribution in [3.8, 4) is 11.5 Å². The molecule has 0 bridgehead atoms. The van der Waals surface area contributed by atoms with Gasteiger partial charge in [-0.05, 0) is 52.6 Å². The van der Waals surface area contributed by atoms with Gasteiger partial charge in [-0.1, -0.05) is 83.9 Å². The molecule has 0 amide bonds. The lowest BCUT2D eigenvalue weighted by molar-refractivity contribution is 0.270. The lowest BCUT2D eigenvalue weighted by Crippen LogP contribution is -2.06. The SMILES string of the molecule is CCOc1cc(/C=N\NCc2ccccc2Cl)cc(Cl)c1OCc1cccc2ccccc12. The number of fused-ring (bicyclic) bond motifs is 1. The highest BCUT2D eigenvalue weighted by Crippen LogP contribution is 2.37. The van der Waals surface area contributed by atoms with E-state index in [9.17, 15) is 0 Å². The summed E-state index contributed by atoms with van der Waals surface area (Å²) in [6.07, 6.45) is 1.69. The van der Waals surface area contributed by atoms with E-state index in [4.69, 9.17) is 32.7 Å². The Hall–Kier alpha value is -3.21. The molecule has 4 aromatic carbocycles. The summed E-state index contributed by atoms with van der Waals surface area (Å²) in [5, 5.41) is 7.79. The predicted molar refractivity (Wildman–Crippen MR) is 137 cm³/mol. The zero-order valence-electron chi connectivity index (χ0n) is 18.2. The molecule has 4 nitrogen and oxygen atoms in total. The number of benzene rings is 4. The third-order valence-electron chi connectivity index (χ3n) is 5.12. The Labute approximate surface area is 203 Å². The van der Waals surface area contributed by atoms with Gasteiger partial charge in [0.2, 0.25) is 0 Å². The third kappa shape index (κ3) is 5.78. The lowest BCUT2D eigenvalue weighted by atomic mass is 10.1. The zero-order valence-corrected chi connectivity index (χ0v) is 19.7. The van der Waals surface area contributed by atoms with E-state index >= 15 is 0 Å². The summed E-state index contributed by atoms with van der Waals surface area (Å²) in [4.78, 5) is 0. The number of halogens is 2. The highest BCUT2D eigenvalue weighted by atomic mass is 35.5. The van der Waals surface area contributed by atoms with Crippen LogP contribution < -0.4 is 14.9 Å². The van der Waals surface area contributed by atoms with E-state index in [2.05, 4.69) is 34.8 Å². The van der Waals surface area contributed by atoms with Gasteiger partial charge in [-0.3, -0.25) is 0 Å². The van der Waals surface area contributed by atoms with Gasteiger partial charge in [0.15, 0.2) is 11.5 Å². The summed E-state index contributed by atoms with van der Waals surface area (Å²) in [6, 6.07) is 25.7. The molecule has 0 radical (unpaired) electrons. The van der Waals surface area contributed by atoms with Crippen molar-refractivity contribution >= 4 is 40.2 Å². The molecule has 33 heavy (non-hydrogen) atoms. The average Bonchev–Trinajstić information content (AvgIpc) is 2.82. The fourth-order valence-electron chi connectivity index (χ4n) is 3.53. The molecule has 4 aromatic rings. The molecule has 0 aromatic heterocycles. The number of nitrogens with zero attached hydrogens (tertiary/aromatic N) is 1. The van der Waals surface area contributed by atoms with Crippen LogP contribution in [0.25, 0.3) is 10.8 Å². The van der Waals surface area contributed by atoms with E-state index in [1.165, 1.54) is 5.39 Å². The lowest BCUT2D eigenvalue weighted by Gasteiger charge is -2.15. The number of hydrogen-bond donors (Lipinski definition) is 1. The molecule has 1 N–H and O–H groups in total. The van der Waals surface area contributed by atoms with Crippen molar-refractivity contribution in [2.45, 2.75) is 20.1 Å². The second kappa shape index (κ2) is 11.1. The molecule has 0 heterocycles. The number of hydrogen-bond acceptors (Lipinski definition) is 4. The topological polar surface area (TPSA) is 42.8 Å². The second-order valence-electron chi connectivity index (χ2n) is 7.37. The van der Waals surface area contributed by atoms with E-state index in [1.807, 2.05) is 61.5 Å². The molecule has 0 unspecified atom stereocenters. The van der Waals surface area contributed by atoms with Crippen molar-refractivity contribution in [1.82, 2.24) is 5.43 Å². The summed E-state index contributed by atoms with van der Waals surface area (Å²) in [7, 11) is 0. The standard InChI is InChI=1S/C27H24Cl2N2O2/c1-2-32-26-15-19(16-30-31-17-21-9-4-6-13-24(21)28)14-25(29)27(26)33-18-22-11-7-10-20-8-3-5-12-23(20)22/h3-16,31H,2,17-18H2,1H3/b30-16-. The highest BCUT2D eigenvalue weighted by molar-refractivity contribution is 6.32. The van der Waals surface area contributed by atoms with Gasteiger partial charge in [0, 0.05) is 5.02 Å². The number of nitrogens with one attached hydrogen (secondary N) is 1. The minimum Gasteiger partial charge on any atom is -0.490 e. The maximum Gasteiger partial charge on any atom is 0.180 e. The average molecular weight is 479 g/mol. The van der Waals surface area contributed by atoms with Crippen LogP contribution in [0.5, 0.6) is 11.5 Å². The van der Waals surface area contributed by atoms with E-state index in [-0.39, 0.29) is 0 Å². The van der Waals surface area contributed by atoms with Gasteiger partial charge in [-0.15, -0.1) is 0 Å². The first-order valence-electron chi connectivity index (χ1n) is 10.7. The molecule has 0 aliphatic heterocycles. The van der Waals surface area contributed by atoms with Gasteiger partial charge in [-0.2, -0.15) is 5.10 Å². The summed E-state index contributed by atoms with van der Waals surface area (Å²) >= 11 is 12.8. The Morgan fingerprint density at radius 3 is 2.45 bits per heavy atom. The Kier molecular flexibility index (Phi) is 7.71. The Morgan fingerprint density at radius 2 is 1.61 bits per heavy atom. The largest absolute Gasteiger partial charge is 0.490 e. The highest BCUT2D eigenvalue weighted by Gasteiger charge is 2.13. The monoisotopic (exact) mass is 478 g/mol. The number of hydrazone groups is 1. The first-order valence-corrected chi connectivity index (χ1v) is 11.5. The van der Waals surface area contributed by atoms with Gasteiger partial charge in [0.25, 0.3) is 0 Å². The first-order chi connectivity index (χ1) is 16.2. The fraction of sp³-hybridized carbons (Fsp3) is 0.148. The number of rotatable bonds is 9. The van der Waals surface area contributed by atoms with Crippen molar-refractivity contribution < 1.29 is 9.47 Å². The van der Waals surface area contributed by atoms with Gasteiger partial charge in [0.1, 0.15) is 6.61 Å². The zero-order chi connectivity index (χ0) is 23.0. The van der Waals surface area contributed by atoms with E-state index in [1.54, 1.807) is 6.21 Å². The van der Waals surface area contributed by atoms with Gasteiger partial charge >= 0.3 is 0 Å². The van der Waals surface area contributed by atoms with E-state index < -0.39 is 0 Å². The van der Waals surface area contributed by atoms with Crippen molar-refractivity contribution in [3.63, 3.8) is 0 Å². The molecule has 6 heteroatoms. The molecule has 0 atom stereocenters. The van der Waals surface area contributed by atoms with Crippen molar-refractivity contribution in [2.24, 2.45) is 5.10 Å². The van der Waals surface area contributed by atoms with Crippen LogP contribution in [0.1, 0.15) is 23.6 Å². The van der Waals surface area contributed by atoms with Crippen molar-refractivity contribution in [1.29, 1.82) is 0 Å². The minimum atomic E-state index is 0.383. The molecule has 0 saturated carbocycles. The smallest absolute Gasteiger partial charge is 0.180 e. The van der Waals surface area contributed by atoms with E-state index in [0.29, 0.717) is 41.3 Å². The Balaban J connectivity index is 1.49. The van der Waals surface area contributed by atoms with Gasteiger partial charge < -0.3 is 14.9 Å². The molecule has 0 fully saturated rings.